The maximum Gasteiger partial charge on any atom is 0.291 e. The van der Waals surface area contributed by atoms with E-state index in [1.165, 1.54) is 6.42 Å². The van der Waals surface area contributed by atoms with Gasteiger partial charge < -0.3 is 10.6 Å². The number of amides is 1. The lowest BCUT2D eigenvalue weighted by molar-refractivity contribution is 0.0925. The number of aromatic nitrogens is 3. The van der Waals surface area contributed by atoms with Gasteiger partial charge in [-0.15, -0.1) is 5.10 Å². The number of aromatic amines is 1. The highest BCUT2D eigenvalue weighted by molar-refractivity contribution is 5.90. The molecular formula is C10H17N5O. The maximum absolute atomic E-state index is 11.8. The topological polar surface area (TPSA) is 82.7 Å². The fourth-order valence-electron chi connectivity index (χ4n) is 1.84. The molecule has 3 N–H and O–H groups in total. The number of nitrogens with zero attached hydrogens (tertiary/aromatic N) is 2. The molecule has 0 spiro atoms. The molecule has 6 nitrogen and oxygen atoms in total. The van der Waals surface area contributed by atoms with E-state index in [1.807, 2.05) is 0 Å². The lowest BCUT2D eigenvalue weighted by atomic mass is 10.1. The zero-order chi connectivity index (χ0) is 11.4. The molecule has 88 valence electrons. The summed E-state index contributed by atoms with van der Waals surface area (Å²) in [7, 11) is 0. The molecule has 1 aromatic heterocycles. The van der Waals surface area contributed by atoms with Gasteiger partial charge >= 0.3 is 0 Å². The van der Waals surface area contributed by atoms with Crippen molar-refractivity contribution >= 4 is 5.91 Å². The second-order valence-electron chi connectivity index (χ2n) is 4.11. The van der Waals surface area contributed by atoms with E-state index in [9.17, 15) is 4.79 Å². The van der Waals surface area contributed by atoms with E-state index >= 15 is 0 Å². The van der Waals surface area contributed by atoms with Gasteiger partial charge in [0.15, 0.2) is 0 Å². The van der Waals surface area contributed by atoms with Gasteiger partial charge in [-0.3, -0.25) is 9.89 Å². The molecule has 1 amide bonds. The first-order valence-electron chi connectivity index (χ1n) is 5.66. The van der Waals surface area contributed by atoms with E-state index in [0.717, 1.165) is 25.9 Å². The van der Waals surface area contributed by atoms with E-state index in [1.54, 1.807) is 6.92 Å². The van der Waals surface area contributed by atoms with E-state index in [2.05, 4.69) is 25.8 Å². The van der Waals surface area contributed by atoms with Gasteiger partial charge in [-0.25, -0.2) is 4.98 Å². The van der Waals surface area contributed by atoms with Crippen LogP contribution in [0.15, 0.2) is 0 Å². The average Bonchev–Trinajstić information content (AvgIpc) is 2.54. The largest absolute Gasteiger partial charge is 0.345 e. The number of carbonyl (C=O) groups excluding carboxylic acids is 1. The molecule has 0 saturated carbocycles. The second kappa shape index (κ2) is 5.07. The molecule has 1 saturated heterocycles. The Hall–Kier alpha value is -1.43. The smallest absolute Gasteiger partial charge is 0.291 e. The third-order valence-electron chi connectivity index (χ3n) is 2.68. The highest BCUT2D eigenvalue weighted by Gasteiger charge is 2.17. The van der Waals surface area contributed by atoms with E-state index in [4.69, 9.17) is 0 Å². The first-order chi connectivity index (χ1) is 7.75. The van der Waals surface area contributed by atoms with Crippen LogP contribution in [0.25, 0.3) is 0 Å². The molecule has 0 aromatic carbocycles. The zero-order valence-corrected chi connectivity index (χ0v) is 9.42. The van der Waals surface area contributed by atoms with Crippen LogP contribution in [-0.4, -0.2) is 40.2 Å². The third-order valence-corrected chi connectivity index (χ3v) is 2.68. The minimum absolute atomic E-state index is 0.189. The summed E-state index contributed by atoms with van der Waals surface area (Å²) in [5.41, 5.74) is 0. The minimum Gasteiger partial charge on any atom is -0.345 e. The molecule has 1 atom stereocenters. The molecule has 6 heteroatoms. The van der Waals surface area contributed by atoms with Gasteiger partial charge in [0.05, 0.1) is 0 Å². The van der Waals surface area contributed by atoms with E-state index in [-0.39, 0.29) is 17.8 Å². The van der Waals surface area contributed by atoms with Gasteiger partial charge in [-0.2, -0.15) is 0 Å². The van der Waals surface area contributed by atoms with Crippen molar-refractivity contribution in [3.8, 4) is 0 Å². The Bertz CT molecular complexity index is 354. The fourth-order valence-corrected chi connectivity index (χ4v) is 1.84. The van der Waals surface area contributed by atoms with Crippen LogP contribution < -0.4 is 10.6 Å². The summed E-state index contributed by atoms with van der Waals surface area (Å²) >= 11 is 0. The molecule has 1 aromatic rings. The van der Waals surface area contributed by atoms with Crippen molar-refractivity contribution in [2.75, 3.05) is 13.1 Å². The summed E-state index contributed by atoms with van der Waals surface area (Å²) in [6.07, 6.45) is 3.33. The molecule has 0 aliphatic carbocycles. The fraction of sp³-hybridized carbons (Fsp3) is 0.700. The number of nitrogens with one attached hydrogen (secondary N) is 3. The summed E-state index contributed by atoms with van der Waals surface area (Å²) < 4.78 is 0. The van der Waals surface area contributed by atoms with Crippen molar-refractivity contribution in [3.63, 3.8) is 0 Å². The molecular weight excluding hydrogens is 206 g/mol. The van der Waals surface area contributed by atoms with Crippen LogP contribution in [0.2, 0.25) is 0 Å². The summed E-state index contributed by atoms with van der Waals surface area (Å²) in [6, 6.07) is 0.189. The van der Waals surface area contributed by atoms with Crippen LogP contribution in [0.3, 0.4) is 0 Å². The molecule has 0 bridgehead atoms. The number of hydrogen-bond acceptors (Lipinski definition) is 4. The Labute approximate surface area is 94.2 Å². The van der Waals surface area contributed by atoms with Gasteiger partial charge in [0.25, 0.3) is 5.91 Å². The molecule has 1 fully saturated rings. The summed E-state index contributed by atoms with van der Waals surface area (Å²) in [5, 5.41) is 12.7. The summed E-state index contributed by atoms with van der Waals surface area (Å²) in [4.78, 5) is 15.8. The van der Waals surface area contributed by atoms with E-state index < -0.39 is 0 Å². The Morgan fingerprint density at radius 2 is 2.38 bits per heavy atom. The Kier molecular flexibility index (Phi) is 3.51. The van der Waals surface area contributed by atoms with E-state index in [0.29, 0.717) is 5.82 Å². The van der Waals surface area contributed by atoms with Crippen LogP contribution in [0.4, 0.5) is 0 Å². The SMILES string of the molecule is Cc1nc(C(=O)NC2CCCCNC2)n[nH]1. The van der Waals surface area contributed by atoms with Gasteiger partial charge in [-0.1, -0.05) is 6.42 Å². The predicted octanol–water partition coefficient (Wildman–Crippen LogP) is -0.0150. The van der Waals surface area contributed by atoms with Crippen molar-refractivity contribution in [2.24, 2.45) is 0 Å². The van der Waals surface area contributed by atoms with Gasteiger partial charge in [0, 0.05) is 12.6 Å². The first-order valence-corrected chi connectivity index (χ1v) is 5.66. The monoisotopic (exact) mass is 223 g/mol. The van der Waals surface area contributed by atoms with Crippen LogP contribution in [0.5, 0.6) is 0 Å². The minimum atomic E-state index is -0.196. The second-order valence-corrected chi connectivity index (χ2v) is 4.11. The Morgan fingerprint density at radius 3 is 3.12 bits per heavy atom. The summed E-state index contributed by atoms with van der Waals surface area (Å²) in [5.74, 6) is 0.684. The normalized spacial score (nSPS) is 21.4. The molecule has 1 aliphatic heterocycles. The quantitative estimate of drug-likeness (QED) is 0.658. The maximum atomic E-state index is 11.8. The molecule has 16 heavy (non-hydrogen) atoms. The van der Waals surface area contributed by atoms with Crippen molar-refractivity contribution in [1.29, 1.82) is 0 Å². The lowest BCUT2D eigenvalue weighted by Crippen LogP contribution is -2.41. The van der Waals surface area contributed by atoms with Crippen LogP contribution in [-0.2, 0) is 0 Å². The van der Waals surface area contributed by atoms with Crippen molar-refractivity contribution in [2.45, 2.75) is 32.2 Å². The lowest BCUT2D eigenvalue weighted by Gasteiger charge is -2.14. The molecule has 0 radical (unpaired) electrons. The predicted molar refractivity (Wildman–Crippen MR) is 59.1 cm³/mol. The molecule has 2 heterocycles. The molecule has 1 unspecified atom stereocenters. The van der Waals surface area contributed by atoms with Gasteiger partial charge in [0.2, 0.25) is 5.82 Å². The Morgan fingerprint density at radius 1 is 1.50 bits per heavy atom. The zero-order valence-electron chi connectivity index (χ0n) is 9.42. The number of H-pyrrole nitrogens is 1. The molecule has 1 aliphatic rings. The van der Waals surface area contributed by atoms with Crippen molar-refractivity contribution in [3.05, 3.63) is 11.6 Å². The number of hydrogen-bond donors (Lipinski definition) is 3. The van der Waals surface area contributed by atoms with Crippen LogP contribution in [0.1, 0.15) is 35.7 Å². The standard InChI is InChI=1S/C10H17N5O/c1-7-12-9(15-14-7)10(16)13-8-4-2-3-5-11-6-8/h8,11H,2-6H2,1H3,(H,13,16)(H,12,14,15). The molecule has 2 rings (SSSR count). The number of carbonyl (C=O) groups is 1. The average molecular weight is 223 g/mol. The van der Waals surface area contributed by atoms with Crippen LogP contribution in [0, 0.1) is 6.92 Å². The van der Waals surface area contributed by atoms with Crippen LogP contribution >= 0.6 is 0 Å². The van der Waals surface area contributed by atoms with Crippen molar-refractivity contribution in [1.82, 2.24) is 25.8 Å². The highest BCUT2D eigenvalue weighted by atomic mass is 16.2. The number of rotatable bonds is 2. The van der Waals surface area contributed by atoms with Gasteiger partial charge in [-0.05, 0) is 26.3 Å². The Balaban J connectivity index is 1.90. The third kappa shape index (κ3) is 2.79. The number of aryl methyl sites for hydroxylation is 1. The van der Waals surface area contributed by atoms with Crippen molar-refractivity contribution < 1.29 is 4.79 Å². The summed E-state index contributed by atoms with van der Waals surface area (Å²) in [6.45, 7) is 3.64. The highest BCUT2D eigenvalue weighted by Crippen LogP contribution is 2.04. The first kappa shape index (κ1) is 11.1. The van der Waals surface area contributed by atoms with Gasteiger partial charge in [0.1, 0.15) is 5.82 Å².